The zero-order valence-electron chi connectivity index (χ0n) is 9.59. The number of nitrogens with zero attached hydrogens (tertiary/aromatic N) is 1. The molecule has 1 aromatic rings. The van der Waals surface area contributed by atoms with E-state index in [0.29, 0.717) is 12.7 Å². The van der Waals surface area contributed by atoms with Gasteiger partial charge in [0.1, 0.15) is 0 Å². The molecule has 0 aliphatic carbocycles. The molecule has 1 aliphatic heterocycles. The van der Waals surface area contributed by atoms with Crippen LogP contribution in [0.4, 0.5) is 5.69 Å². The highest BCUT2D eigenvalue weighted by molar-refractivity contribution is 5.32. The Hall–Kier alpha value is -1.46. The second kappa shape index (κ2) is 5.75. The first-order chi connectivity index (χ1) is 8.25. The molecule has 0 saturated carbocycles. The summed E-state index contributed by atoms with van der Waals surface area (Å²) in [4.78, 5) is 10.1. The summed E-state index contributed by atoms with van der Waals surface area (Å²) in [7, 11) is 0. The lowest BCUT2D eigenvalue weighted by atomic mass is 10.1. The van der Waals surface area contributed by atoms with E-state index >= 15 is 0 Å². The fourth-order valence-electron chi connectivity index (χ4n) is 1.90. The molecule has 2 rings (SSSR count). The van der Waals surface area contributed by atoms with Gasteiger partial charge in [0.15, 0.2) is 0 Å². The number of rotatable bonds is 5. The van der Waals surface area contributed by atoms with Crippen LogP contribution in [0, 0.1) is 10.1 Å². The number of benzene rings is 1. The van der Waals surface area contributed by atoms with E-state index in [9.17, 15) is 10.1 Å². The SMILES string of the molecule is O=[N+]([O-])c1ccc(CCOC2CCNC2)cc1. The average molecular weight is 236 g/mol. The van der Waals surface area contributed by atoms with Crippen molar-refractivity contribution in [3.8, 4) is 0 Å². The molecule has 1 saturated heterocycles. The highest BCUT2D eigenvalue weighted by Crippen LogP contribution is 2.12. The van der Waals surface area contributed by atoms with E-state index in [1.165, 1.54) is 12.1 Å². The molecule has 1 aliphatic rings. The molecule has 0 aromatic heterocycles. The van der Waals surface area contributed by atoms with E-state index < -0.39 is 0 Å². The molecule has 1 fully saturated rings. The molecule has 1 aromatic carbocycles. The van der Waals surface area contributed by atoms with Gasteiger partial charge >= 0.3 is 0 Å². The fraction of sp³-hybridized carbons (Fsp3) is 0.500. The predicted molar refractivity (Wildman–Crippen MR) is 64.0 cm³/mol. The van der Waals surface area contributed by atoms with Crippen LogP contribution >= 0.6 is 0 Å². The van der Waals surface area contributed by atoms with Gasteiger partial charge < -0.3 is 10.1 Å². The van der Waals surface area contributed by atoms with Crippen molar-refractivity contribution in [3.63, 3.8) is 0 Å². The van der Waals surface area contributed by atoms with Gasteiger partial charge in [-0.2, -0.15) is 0 Å². The van der Waals surface area contributed by atoms with Crippen LogP contribution in [0.3, 0.4) is 0 Å². The zero-order valence-corrected chi connectivity index (χ0v) is 9.59. The Morgan fingerprint density at radius 3 is 2.76 bits per heavy atom. The maximum absolute atomic E-state index is 10.5. The van der Waals surface area contributed by atoms with Gasteiger partial charge in [-0.3, -0.25) is 10.1 Å². The van der Waals surface area contributed by atoms with Crippen molar-refractivity contribution >= 4 is 5.69 Å². The van der Waals surface area contributed by atoms with Crippen molar-refractivity contribution in [2.75, 3.05) is 19.7 Å². The predicted octanol–water partition coefficient (Wildman–Crippen LogP) is 1.52. The molecule has 0 bridgehead atoms. The molecule has 1 atom stereocenters. The van der Waals surface area contributed by atoms with Crippen LogP contribution in [0.5, 0.6) is 0 Å². The summed E-state index contributed by atoms with van der Waals surface area (Å²) in [5.74, 6) is 0. The van der Waals surface area contributed by atoms with Crippen molar-refractivity contribution in [2.45, 2.75) is 18.9 Å². The minimum atomic E-state index is -0.384. The molecule has 92 valence electrons. The Bertz CT molecular complexity index is 372. The highest BCUT2D eigenvalue weighted by Gasteiger charge is 2.14. The number of nitro groups is 1. The first kappa shape index (κ1) is 12.0. The molecule has 1 heterocycles. The minimum Gasteiger partial charge on any atom is -0.377 e. The van der Waals surface area contributed by atoms with Crippen LogP contribution in [0.1, 0.15) is 12.0 Å². The van der Waals surface area contributed by atoms with E-state index in [4.69, 9.17) is 4.74 Å². The Balaban J connectivity index is 1.76. The lowest BCUT2D eigenvalue weighted by molar-refractivity contribution is -0.384. The van der Waals surface area contributed by atoms with Gasteiger partial charge in [0.25, 0.3) is 5.69 Å². The maximum atomic E-state index is 10.5. The molecule has 5 nitrogen and oxygen atoms in total. The number of non-ortho nitro benzene ring substituents is 1. The van der Waals surface area contributed by atoms with Crippen LogP contribution in [0.15, 0.2) is 24.3 Å². The summed E-state index contributed by atoms with van der Waals surface area (Å²) >= 11 is 0. The Labute approximate surface area is 99.9 Å². The number of hydrogen-bond acceptors (Lipinski definition) is 4. The minimum absolute atomic E-state index is 0.134. The summed E-state index contributed by atoms with van der Waals surface area (Å²) in [5, 5.41) is 13.7. The molecular weight excluding hydrogens is 220 g/mol. The van der Waals surface area contributed by atoms with Gasteiger partial charge in [0.05, 0.1) is 17.6 Å². The van der Waals surface area contributed by atoms with Crippen molar-refractivity contribution in [1.29, 1.82) is 0 Å². The van der Waals surface area contributed by atoms with Gasteiger partial charge in [0, 0.05) is 18.7 Å². The largest absolute Gasteiger partial charge is 0.377 e. The summed E-state index contributed by atoms with van der Waals surface area (Å²) in [5.41, 5.74) is 1.20. The van der Waals surface area contributed by atoms with Gasteiger partial charge in [-0.05, 0) is 24.9 Å². The third-order valence-corrected chi connectivity index (χ3v) is 2.91. The van der Waals surface area contributed by atoms with Gasteiger partial charge in [-0.1, -0.05) is 12.1 Å². The second-order valence-electron chi connectivity index (χ2n) is 4.16. The van der Waals surface area contributed by atoms with E-state index in [-0.39, 0.29) is 10.6 Å². The first-order valence-electron chi connectivity index (χ1n) is 5.81. The fourth-order valence-corrected chi connectivity index (χ4v) is 1.90. The molecule has 0 spiro atoms. The van der Waals surface area contributed by atoms with Crippen molar-refractivity contribution in [2.24, 2.45) is 0 Å². The number of hydrogen-bond donors (Lipinski definition) is 1. The van der Waals surface area contributed by atoms with Crippen molar-refractivity contribution in [3.05, 3.63) is 39.9 Å². The molecular formula is C12H16N2O3. The average Bonchev–Trinajstić information content (AvgIpc) is 2.83. The summed E-state index contributed by atoms with van der Waals surface area (Å²) in [6.45, 7) is 2.63. The maximum Gasteiger partial charge on any atom is 0.269 e. The topological polar surface area (TPSA) is 64.4 Å². The molecule has 5 heteroatoms. The third-order valence-electron chi connectivity index (χ3n) is 2.91. The van der Waals surface area contributed by atoms with E-state index in [0.717, 1.165) is 31.5 Å². The smallest absolute Gasteiger partial charge is 0.269 e. The summed E-state index contributed by atoms with van der Waals surface area (Å²) < 4.78 is 5.69. The molecule has 17 heavy (non-hydrogen) atoms. The zero-order chi connectivity index (χ0) is 12.1. The van der Waals surface area contributed by atoms with Crippen LogP contribution in [0.25, 0.3) is 0 Å². The quantitative estimate of drug-likeness (QED) is 0.621. The number of nitro benzene ring substituents is 1. The van der Waals surface area contributed by atoms with Gasteiger partial charge in [-0.15, -0.1) is 0 Å². The van der Waals surface area contributed by atoms with Gasteiger partial charge in [-0.25, -0.2) is 0 Å². The lowest BCUT2D eigenvalue weighted by Gasteiger charge is -2.09. The van der Waals surface area contributed by atoms with Crippen LogP contribution in [0.2, 0.25) is 0 Å². The first-order valence-corrected chi connectivity index (χ1v) is 5.81. The van der Waals surface area contributed by atoms with Gasteiger partial charge in [0.2, 0.25) is 0 Å². The molecule has 1 N–H and O–H groups in total. The van der Waals surface area contributed by atoms with Crippen LogP contribution in [-0.4, -0.2) is 30.7 Å². The standard InChI is InChI=1S/C12H16N2O3/c15-14(16)11-3-1-10(2-4-11)6-8-17-12-5-7-13-9-12/h1-4,12-13H,5-9H2. The second-order valence-corrected chi connectivity index (χ2v) is 4.16. The normalized spacial score (nSPS) is 19.4. The summed E-state index contributed by atoms with van der Waals surface area (Å²) in [6, 6.07) is 6.64. The molecule has 0 radical (unpaired) electrons. The van der Waals surface area contributed by atoms with E-state index in [2.05, 4.69) is 5.32 Å². The monoisotopic (exact) mass is 236 g/mol. The van der Waals surface area contributed by atoms with Crippen LogP contribution in [-0.2, 0) is 11.2 Å². The molecule has 1 unspecified atom stereocenters. The Morgan fingerprint density at radius 2 is 2.18 bits per heavy atom. The van der Waals surface area contributed by atoms with Crippen molar-refractivity contribution in [1.82, 2.24) is 5.32 Å². The lowest BCUT2D eigenvalue weighted by Crippen LogP contribution is -2.17. The summed E-state index contributed by atoms with van der Waals surface area (Å²) in [6.07, 6.45) is 2.20. The Kier molecular flexibility index (Phi) is 4.06. The van der Waals surface area contributed by atoms with E-state index in [1.807, 2.05) is 0 Å². The molecule has 0 amide bonds. The van der Waals surface area contributed by atoms with E-state index in [1.54, 1.807) is 12.1 Å². The third kappa shape index (κ3) is 3.51. The highest BCUT2D eigenvalue weighted by atomic mass is 16.6. The number of ether oxygens (including phenoxy) is 1. The van der Waals surface area contributed by atoms with Crippen molar-refractivity contribution < 1.29 is 9.66 Å². The number of nitrogens with one attached hydrogen (secondary N) is 1. The Morgan fingerprint density at radius 1 is 1.41 bits per heavy atom. The van der Waals surface area contributed by atoms with Crippen LogP contribution < -0.4 is 5.32 Å².